The number of amides is 1. The lowest BCUT2D eigenvalue weighted by molar-refractivity contribution is 0.0987. The van der Waals surface area contributed by atoms with Crippen LogP contribution in [0, 0.1) is 5.82 Å². The number of hydrogen-bond acceptors (Lipinski definition) is 4. The van der Waals surface area contributed by atoms with E-state index < -0.39 is 11.7 Å². The highest BCUT2D eigenvalue weighted by molar-refractivity contribution is 9.10. The molecule has 1 aromatic heterocycles. The van der Waals surface area contributed by atoms with Gasteiger partial charge in [0, 0.05) is 4.47 Å². The molecule has 1 heterocycles. The number of carbonyl (C=O) groups is 1. The van der Waals surface area contributed by atoms with Gasteiger partial charge in [-0.05, 0) is 28.9 Å². The smallest absolute Gasteiger partial charge is 0.294 e. The van der Waals surface area contributed by atoms with Crippen LogP contribution in [0.25, 0.3) is 0 Å². The van der Waals surface area contributed by atoms with Gasteiger partial charge in [-0.1, -0.05) is 46.3 Å². The molecule has 2 aromatic carbocycles. The van der Waals surface area contributed by atoms with Crippen molar-refractivity contribution in [2.75, 3.05) is 5.32 Å². The largest absolute Gasteiger partial charge is 0.471 e. The molecule has 0 unspecified atom stereocenters. The van der Waals surface area contributed by atoms with E-state index in [2.05, 4.69) is 26.4 Å². The fraction of sp³-hybridized carbons (Fsp3) is 0.0588. The quantitative estimate of drug-likeness (QED) is 0.700. The van der Waals surface area contributed by atoms with Gasteiger partial charge in [0.1, 0.15) is 12.4 Å². The van der Waals surface area contributed by atoms with Crippen LogP contribution in [0.15, 0.2) is 63.6 Å². The molecule has 0 radical (unpaired) electrons. The number of ether oxygens (including phenoxy) is 1. The molecule has 122 valence electrons. The molecule has 1 amide bonds. The molecule has 5 nitrogen and oxygen atoms in total. The third-order valence-corrected chi connectivity index (χ3v) is 3.61. The number of carbonyl (C=O) groups excluding carboxylic acids is 1. The highest BCUT2D eigenvalue weighted by Crippen LogP contribution is 2.21. The van der Waals surface area contributed by atoms with Crippen LogP contribution < -0.4 is 10.1 Å². The Morgan fingerprint density at radius 3 is 2.75 bits per heavy atom. The number of halogens is 2. The SMILES string of the molecule is O=C(Nc1ccc(Br)cc1F)c1cc(OCc2ccccc2)no1. The maximum Gasteiger partial charge on any atom is 0.294 e. The minimum absolute atomic E-state index is 0.0475. The molecule has 7 heteroatoms. The van der Waals surface area contributed by atoms with Crippen molar-refractivity contribution >= 4 is 27.5 Å². The molecule has 0 aliphatic carbocycles. The summed E-state index contributed by atoms with van der Waals surface area (Å²) in [7, 11) is 0. The lowest BCUT2D eigenvalue weighted by Gasteiger charge is -2.04. The van der Waals surface area contributed by atoms with Gasteiger partial charge < -0.3 is 14.6 Å². The van der Waals surface area contributed by atoms with E-state index >= 15 is 0 Å². The van der Waals surface area contributed by atoms with E-state index in [9.17, 15) is 9.18 Å². The van der Waals surface area contributed by atoms with Gasteiger partial charge in [0.05, 0.1) is 11.8 Å². The molecule has 3 aromatic rings. The average Bonchev–Trinajstić information content (AvgIpc) is 3.05. The zero-order chi connectivity index (χ0) is 16.9. The maximum atomic E-state index is 13.7. The number of benzene rings is 2. The zero-order valence-corrected chi connectivity index (χ0v) is 13.9. The normalized spacial score (nSPS) is 10.4. The van der Waals surface area contributed by atoms with Crippen LogP contribution >= 0.6 is 15.9 Å². The molecule has 0 spiro atoms. The Kier molecular flexibility index (Phi) is 4.90. The number of rotatable bonds is 5. The van der Waals surface area contributed by atoms with Crippen LogP contribution in [0.2, 0.25) is 0 Å². The molecule has 0 aliphatic heterocycles. The molecule has 24 heavy (non-hydrogen) atoms. The van der Waals surface area contributed by atoms with Gasteiger partial charge in [-0.2, -0.15) is 0 Å². The minimum atomic E-state index is -0.613. The van der Waals surface area contributed by atoms with Crippen molar-refractivity contribution in [1.29, 1.82) is 0 Å². The third-order valence-electron chi connectivity index (χ3n) is 3.12. The van der Waals surface area contributed by atoms with Crippen LogP contribution in [0.1, 0.15) is 16.1 Å². The first-order chi connectivity index (χ1) is 11.6. The molecule has 0 atom stereocenters. The van der Waals surface area contributed by atoms with Crippen LogP contribution in [-0.4, -0.2) is 11.1 Å². The molecule has 3 rings (SSSR count). The summed E-state index contributed by atoms with van der Waals surface area (Å²) < 4.78 is 24.7. The van der Waals surface area contributed by atoms with Crippen molar-refractivity contribution in [2.45, 2.75) is 6.61 Å². The first-order valence-corrected chi connectivity index (χ1v) is 7.81. The maximum absolute atomic E-state index is 13.7. The van der Waals surface area contributed by atoms with E-state index in [1.807, 2.05) is 30.3 Å². The second-order valence-electron chi connectivity index (χ2n) is 4.88. The van der Waals surface area contributed by atoms with E-state index in [0.717, 1.165) is 5.56 Å². The lowest BCUT2D eigenvalue weighted by atomic mass is 10.2. The van der Waals surface area contributed by atoms with Gasteiger partial charge in [-0.15, -0.1) is 0 Å². The van der Waals surface area contributed by atoms with Crippen molar-refractivity contribution < 1.29 is 18.4 Å². The number of anilines is 1. The van der Waals surface area contributed by atoms with Crippen LogP contribution in [0.3, 0.4) is 0 Å². The van der Waals surface area contributed by atoms with E-state index in [1.165, 1.54) is 18.2 Å². The summed E-state index contributed by atoms with van der Waals surface area (Å²) in [4.78, 5) is 12.1. The van der Waals surface area contributed by atoms with Gasteiger partial charge in [-0.3, -0.25) is 4.79 Å². The second-order valence-corrected chi connectivity index (χ2v) is 5.80. The van der Waals surface area contributed by atoms with Crippen LogP contribution in [0.4, 0.5) is 10.1 Å². The zero-order valence-electron chi connectivity index (χ0n) is 12.3. The van der Waals surface area contributed by atoms with Crippen molar-refractivity contribution in [3.63, 3.8) is 0 Å². The standard InChI is InChI=1S/C17H12BrFN2O3/c18-12-6-7-14(13(19)8-12)20-17(22)15-9-16(21-24-15)23-10-11-4-2-1-3-5-11/h1-9H,10H2,(H,20,22). The molecular weight excluding hydrogens is 379 g/mol. The number of nitrogens with one attached hydrogen (secondary N) is 1. The summed E-state index contributed by atoms with van der Waals surface area (Å²) in [5.74, 6) is -1.06. The summed E-state index contributed by atoms with van der Waals surface area (Å²) in [6.45, 7) is 0.301. The first-order valence-electron chi connectivity index (χ1n) is 7.01. The Morgan fingerprint density at radius 2 is 2.00 bits per heavy atom. The van der Waals surface area contributed by atoms with Gasteiger partial charge >= 0.3 is 0 Å². The Bertz CT molecular complexity index is 852. The van der Waals surface area contributed by atoms with E-state index in [4.69, 9.17) is 9.26 Å². The number of hydrogen-bond donors (Lipinski definition) is 1. The Hall–Kier alpha value is -2.67. The van der Waals surface area contributed by atoms with E-state index in [-0.39, 0.29) is 17.3 Å². The molecule has 0 saturated carbocycles. The molecular formula is C17H12BrFN2O3. The van der Waals surface area contributed by atoms with Crippen LogP contribution in [0.5, 0.6) is 5.88 Å². The Balaban J connectivity index is 1.63. The van der Waals surface area contributed by atoms with Crippen LogP contribution in [-0.2, 0) is 6.61 Å². The summed E-state index contributed by atoms with van der Waals surface area (Å²) in [5, 5.41) is 6.09. The highest BCUT2D eigenvalue weighted by atomic mass is 79.9. The van der Waals surface area contributed by atoms with Crippen molar-refractivity contribution in [3.8, 4) is 5.88 Å². The van der Waals surface area contributed by atoms with Gasteiger partial charge in [0.2, 0.25) is 5.76 Å². The molecule has 0 aliphatic rings. The predicted octanol–water partition coefficient (Wildman–Crippen LogP) is 4.41. The molecule has 0 bridgehead atoms. The molecule has 0 saturated heterocycles. The summed E-state index contributed by atoms with van der Waals surface area (Å²) in [5.41, 5.74) is 1.01. The summed E-state index contributed by atoms with van der Waals surface area (Å²) in [6, 6.07) is 15.2. The Morgan fingerprint density at radius 1 is 1.21 bits per heavy atom. The fourth-order valence-electron chi connectivity index (χ4n) is 1.94. The monoisotopic (exact) mass is 390 g/mol. The van der Waals surface area contributed by atoms with Crippen molar-refractivity contribution in [3.05, 3.63) is 76.2 Å². The van der Waals surface area contributed by atoms with Gasteiger partial charge in [-0.25, -0.2) is 4.39 Å². The Labute approximate surface area is 145 Å². The van der Waals surface area contributed by atoms with Crippen molar-refractivity contribution in [1.82, 2.24) is 5.16 Å². The minimum Gasteiger partial charge on any atom is -0.471 e. The third kappa shape index (κ3) is 3.99. The highest BCUT2D eigenvalue weighted by Gasteiger charge is 2.16. The first kappa shape index (κ1) is 16.2. The summed E-state index contributed by atoms with van der Waals surface area (Å²) >= 11 is 3.15. The number of aromatic nitrogens is 1. The average molecular weight is 391 g/mol. The second kappa shape index (κ2) is 7.27. The number of nitrogens with zero attached hydrogens (tertiary/aromatic N) is 1. The summed E-state index contributed by atoms with van der Waals surface area (Å²) in [6.07, 6.45) is 0. The van der Waals surface area contributed by atoms with Crippen molar-refractivity contribution in [2.24, 2.45) is 0 Å². The lowest BCUT2D eigenvalue weighted by Crippen LogP contribution is -2.12. The van der Waals surface area contributed by atoms with Gasteiger partial charge in [0.15, 0.2) is 0 Å². The molecule has 0 fully saturated rings. The fourth-order valence-corrected chi connectivity index (χ4v) is 2.27. The molecule has 1 N–H and O–H groups in total. The van der Waals surface area contributed by atoms with E-state index in [1.54, 1.807) is 6.07 Å². The topological polar surface area (TPSA) is 64.4 Å². The van der Waals surface area contributed by atoms with Gasteiger partial charge in [0.25, 0.3) is 11.8 Å². The predicted molar refractivity (Wildman–Crippen MR) is 89.3 cm³/mol. The van der Waals surface area contributed by atoms with E-state index in [0.29, 0.717) is 11.1 Å².